The van der Waals surface area contributed by atoms with E-state index < -0.39 is 5.60 Å². The van der Waals surface area contributed by atoms with Gasteiger partial charge >= 0.3 is 6.09 Å². The van der Waals surface area contributed by atoms with Gasteiger partial charge in [0.25, 0.3) is 0 Å². The SMILES string of the molecule is CC(C)(C)OC(=O)N1C2CCC1CC1(CC(=O)N(c3ccc(N)nc3)C1)C2. The lowest BCUT2D eigenvalue weighted by Crippen LogP contribution is -2.52. The van der Waals surface area contributed by atoms with E-state index in [0.717, 1.165) is 31.4 Å². The molecule has 7 heteroatoms. The summed E-state index contributed by atoms with van der Waals surface area (Å²) >= 11 is 0. The summed E-state index contributed by atoms with van der Waals surface area (Å²) in [5.41, 5.74) is 5.90. The van der Waals surface area contributed by atoms with Crippen LogP contribution in [0.5, 0.6) is 0 Å². The molecule has 2 N–H and O–H groups in total. The zero-order valence-corrected chi connectivity index (χ0v) is 16.3. The van der Waals surface area contributed by atoms with Crippen LogP contribution in [-0.4, -0.2) is 46.1 Å². The first kappa shape index (κ1) is 18.1. The van der Waals surface area contributed by atoms with Crippen molar-refractivity contribution in [3.8, 4) is 0 Å². The lowest BCUT2D eigenvalue weighted by molar-refractivity contribution is -0.118. The van der Waals surface area contributed by atoms with Gasteiger partial charge in [-0.3, -0.25) is 4.79 Å². The van der Waals surface area contributed by atoms with Crippen LogP contribution < -0.4 is 10.6 Å². The van der Waals surface area contributed by atoms with Crippen LogP contribution in [0.2, 0.25) is 0 Å². The van der Waals surface area contributed by atoms with Crippen LogP contribution in [0, 0.1) is 5.41 Å². The molecule has 2 bridgehead atoms. The number of fused-ring (bicyclic) bond motifs is 2. The first-order chi connectivity index (χ1) is 12.7. The fourth-order valence-electron chi connectivity index (χ4n) is 5.02. The second kappa shape index (κ2) is 6.11. The predicted molar refractivity (Wildman–Crippen MR) is 102 cm³/mol. The Morgan fingerprint density at radius 3 is 2.48 bits per heavy atom. The van der Waals surface area contributed by atoms with Gasteiger partial charge in [0.1, 0.15) is 11.4 Å². The largest absolute Gasteiger partial charge is 0.444 e. The van der Waals surface area contributed by atoms with Gasteiger partial charge in [-0.25, -0.2) is 9.78 Å². The van der Waals surface area contributed by atoms with Crippen LogP contribution in [0.15, 0.2) is 18.3 Å². The molecule has 0 radical (unpaired) electrons. The minimum Gasteiger partial charge on any atom is -0.444 e. The average Bonchev–Trinajstić information content (AvgIpc) is 3.02. The van der Waals surface area contributed by atoms with Gasteiger partial charge < -0.3 is 20.3 Å². The van der Waals surface area contributed by atoms with Crippen LogP contribution in [0.1, 0.15) is 52.9 Å². The maximum atomic E-state index is 12.7. The molecule has 0 aromatic carbocycles. The van der Waals surface area contributed by atoms with Crippen LogP contribution in [0.4, 0.5) is 16.3 Å². The van der Waals surface area contributed by atoms with E-state index in [2.05, 4.69) is 4.98 Å². The summed E-state index contributed by atoms with van der Waals surface area (Å²) in [6.45, 7) is 6.37. The molecular formula is C20H28N4O3. The Hall–Kier alpha value is -2.31. The van der Waals surface area contributed by atoms with Crippen molar-refractivity contribution < 1.29 is 14.3 Å². The van der Waals surface area contributed by atoms with Crippen LogP contribution in [0.25, 0.3) is 0 Å². The van der Waals surface area contributed by atoms with Crippen LogP contribution >= 0.6 is 0 Å². The number of piperidine rings is 1. The molecule has 7 nitrogen and oxygen atoms in total. The molecule has 0 aliphatic carbocycles. The van der Waals surface area contributed by atoms with E-state index >= 15 is 0 Å². The Morgan fingerprint density at radius 1 is 1.26 bits per heavy atom. The number of pyridine rings is 1. The van der Waals surface area contributed by atoms with E-state index in [4.69, 9.17) is 10.5 Å². The molecule has 1 aromatic heterocycles. The lowest BCUT2D eigenvalue weighted by Gasteiger charge is -2.44. The molecule has 27 heavy (non-hydrogen) atoms. The van der Waals surface area contributed by atoms with Crippen molar-refractivity contribution in [3.05, 3.63) is 18.3 Å². The fraction of sp³-hybridized carbons (Fsp3) is 0.650. The van der Waals surface area contributed by atoms with E-state index in [1.54, 1.807) is 12.3 Å². The standard InChI is InChI=1S/C20H28N4O3/c1-19(2,3)27-18(26)24-13-4-5-14(24)9-20(8-13)10-17(25)23(12-20)15-6-7-16(21)22-11-15/h6-7,11,13-14H,4-5,8-10,12H2,1-3H3,(H2,21,22). The van der Waals surface area contributed by atoms with Gasteiger partial charge in [0.2, 0.25) is 5.91 Å². The molecule has 2 atom stereocenters. The van der Waals surface area contributed by atoms with Gasteiger partial charge in [0, 0.05) is 30.5 Å². The quantitative estimate of drug-likeness (QED) is 0.819. The van der Waals surface area contributed by atoms with Crippen molar-refractivity contribution in [2.75, 3.05) is 17.2 Å². The molecule has 4 heterocycles. The molecule has 3 aliphatic rings. The summed E-state index contributed by atoms with van der Waals surface area (Å²) < 4.78 is 5.62. The zero-order chi connectivity index (χ0) is 19.4. The zero-order valence-electron chi connectivity index (χ0n) is 16.3. The topological polar surface area (TPSA) is 88.8 Å². The molecular weight excluding hydrogens is 344 g/mol. The number of nitrogens with two attached hydrogens (primary N) is 1. The van der Waals surface area contributed by atoms with Gasteiger partial charge in [-0.05, 0) is 58.6 Å². The molecule has 4 rings (SSSR count). The number of hydrogen-bond acceptors (Lipinski definition) is 5. The highest BCUT2D eigenvalue weighted by molar-refractivity contribution is 5.96. The monoisotopic (exact) mass is 372 g/mol. The van der Waals surface area contributed by atoms with Crippen molar-refractivity contribution >= 4 is 23.5 Å². The molecule has 146 valence electrons. The predicted octanol–water partition coefficient (Wildman–Crippen LogP) is 2.95. The maximum Gasteiger partial charge on any atom is 0.410 e. The van der Waals surface area contributed by atoms with Gasteiger partial charge in [0.15, 0.2) is 0 Å². The molecule has 2 amide bonds. The van der Waals surface area contributed by atoms with Crippen LogP contribution in [0.3, 0.4) is 0 Å². The van der Waals surface area contributed by atoms with E-state index in [-0.39, 0.29) is 29.5 Å². The number of anilines is 2. The highest BCUT2D eigenvalue weighted by Gasteiger charge is 2.55. The number of carbonyl (C=O) groups excluding carboxylic acids is 2. The second-order valence-corrected chi connectivity index (χ2v) is 9.28. The molecule has 0 saturated carbocycles. The van der Waals surface area contributed by atoms with Gasteiger partial charge in [-0.15, -0.1) is 0 Å². The number of hydrogen-bond donors (Lipinski definition) is 1. The average molecular weight is 372 g/mol. The minimum atomic E-state index is -0.492. The van der Waals surface area contributed by atoms with E-state index in [0.29, 0.717) is 18.8 Å². The lowest BCUT2D eigenvalue weighted by atomic mass is 9.74. The van der Waals surface area contributed by atoms with Crippen molar-refractivity contribution in [1.29, 1.82) is 0 Å². The molecule has 1 spiro atoms. The minimum absolute atomic E-state index is 0.0667. The number of rotatable bonds is 1. The third kappa shape index (κ3) is 3.35. The summed E-state index contributed by atoms with van der Waals surface area (Å²) in [5, 5.41) is 0. The van der Waals surface area contributed by atoms with Crippen molar-refractivity contribution in [2.24, 2.45) is 5.41 Å². The molecule has 3 saturated heterocycles. The number of amides is 2. The number of nitrogen functional groups attached to an aromatic ring is 1. The van der Waals surface area contributed by atoms with Crippen LogP contribution in [-0.2, 0) is 9.53 Å². The number of aromatic nitrogens is 1. The summed E-state index contributed by atoms with van der Waals surface area (Å²) in [6, 6.07) is 3.90. The van der Waals surface area contributed by atoms with Gasteiger partial charge in [-0.1, -0.05) is 0 Å². The summed E-state index contributed by atoms with van der Waals surface area (Å²) in [6.07, 6.45) is 5.67. The summed E-state index contributed by atoms with van der Waals surface area (Å²) in [4.78, 5) is 33.3. The number of carbonyl (C=O) groups is 2. The molecule has 3 fully saturated rings. The van der Waals surface area contributed by atoms with Crippen molar-refractivity contribution in [3.63, 3.8) is 0 Å². The Morgan fingerprint density at radius 2 is 1.93 bits per heavy atom. The molecule has 2 unspecified atom stereocenters. The maximum absolute atomic E-state index is 12.7. The second-order valence-electron chi connectivity index (χ2n) is 9.28. The normalized spacial score (nSPS) is 30.3. The highest BCUT2D eigenvalue weighted by Crippen LogP contribution is 2.51. The van der Waals surface area contributed by atoms with Crippen molar-refractivity contribution in [2.45, 2.75) is 70.6 Å². The summed E-state index contributed by atoms with van der Waals surface area (Å²) in [7, 11) is 0. The fourth-order valence-corrected chi connectivity index (χ4v) is 5.02. The Labute approximate surface area is 159 Å². The highest BCUT2D eigenvalue weighted by atomic mass is 16.6. The van der Waals surface area contributed by atoms with Crippen molar-refractivity contribution in [1.82, 2.24) is 9.88 Å². The summed E-state index contributed by atoms with van der Waals surface area (Å²) in [5.74, 6) is 0.579. The molecule has 1 aromatic rings. The van der Waals surface area contributed by atoms with E-state index in [1.807, 2.05) is 36.6 Å². The Balaban J connectivity index is 1.50. The third-order valence-corrected chi connectivity index (χ3v) is 5.96. The third-order valence-electron chi connectivity index (χ3n) is 5.96. The van der Waals surface area contributed by atoms with Gasteiger partial charge in [0.05, 0.1) is 11.9 Å². The number of nitrogens with zero attached hydrogens (tertiary/aromatic N) is 3. The van der Waals surface area contributed by atoms with Gasteiger partial charge in [-0.2, -0.15) is 0 Å². The first-order valence-corrected chi connectivity index (χ1v) is 9.69. The van der Waals surface area contributed by atoms with E-state index in [9.17, 15) is 9.59 Å². The Kier molecular flexibility index (Phi) is 4.09. The number of ether oxygens (including phenoxy) is 1. The van der Waals surface area contributed by atoms with E-state index in [1.165, 1.54) is 0 Å². The Bertz CT molecular complexity index is 741. The molecule has 3 aliphatic heterocycles. The first-order valence-electron chi connectivity index (χ1n) is 9.69. The smallest absolute Gasteiger partial charge is 0.410 e.